The lowest BCUT2D eigenvalue weighted by Crippen LogP contribution is -2.55. The normalized spacial score (nSPS) is 18.6. The summed E-state index contributed by atoms with van der Waals surface area (Å²) in [5.74, 6) is -1.32. The number of ether oxygens (including phenoxy) is 1. The van der Waals surface area contributed by atoms with Gasteiger partial charge in [0.05, 0.1) is 12.3 Å². The van der Waals surface area contributed by atoms with Crippen molar-refractivity contribution < 1.29 is 9.13 Å². The lowest BCUT2D eigenvalue weighted by Gasteiger charge is -2.41. The van der Waals surface area contributed by atoms with Crippen molar-refractivity contribution >= 4 is 45.9 Å². The fourth-order valence-electron chi connectivity index (χ4n) is 3.03. The zero-order valence-corrected chi connectivity index (χ0v) is 17.6. The van der Waals surface area contributed by atoms with Crippen molar-refractivity contribution in [3.8, 4) is 0 Å². The van der Waals surface area contributed by atoms with Crippen molar-refractivity contribution in [2.45, 2.75) is 12.5 Å². The van der Waals surface area contributed by atoms with Gasteiger partial charge in [-0.25, -0.2) is 13.8 Å². The van der Waals surface area contributed by atoms with Gasteiger partial charge in [-0.2, -0.15) is 0 Å². The smallest absolute Gasteiger partial charge is 0.240 e. The number of benzene rings is 3. The molecule has 1 heterocycles. The minimum atomic E-state index is -1.47. The number of fused-ring (bicyclic) bond motifs is 1. The van der Waals surface area contributed by atoms with Gasteiger partial charge in [-0.3, -0.25) is 5.73 Å². The summed E-state index contributed by atoms with van der Waals surface area (Å²) in [4.78, 5) is 4.69. The number of hydrogen-bond donors (Lipinski definition) is 1. The zero-order valence-electron chi connectivity index (χ0n) is 14.6. The highest BCUT2D eigenvalue weighted by Gasteiger charge is 2.43. The first kappa shape index (κ1) is 19.3. The number of nitrogens with zero attached hydrogens (tertiary/aromatic N) is 2. The Morgan fingerprint density at radius 2 is 1.86 bits per heavy atom. The molecule has 28 heavy (non-hydrogen) atoms. The molecule has 3 aromatic carbocycles. The van der Waals surface area contributed by atoms with Crippen molar-refractivity contribution in [2.75, 3.05) is 0 Å². The standard InChI is InChI=1S/C21H16ClFIN3O/c22-27-20(15-6-2-1-3-7-15)26-19-10-9-17(24)12-18(19)21(27,25)28-13-14-5-4-8-16(23)11-14/h1-12H,13,25H2. The molecule has 1 unspecified atom stereocenters. The molecule has 142 valence electrons. The van der Waals surface area contributed by atoms with E-state index in [1.54, 1.807) is 12.1 Å². The van der Waals surface area contributed by atoms with Gasteiger partial charge in [0.2, 0.25) is 5.85 Å². The van der Waals surface area contributed by atoms with Gasteiger partial charge in [0.1, 0.15) is 5.82 Å². The van der Waals surface area contributed by atoms with Crippen LogP contribution < -0.4 is 5.73 Å². The summed E-state index contributed by atoms with van der Waals surface area (Å²) < 4.78 is 21.9. The minimum absolute atomic E-state index is 0.0878. The van der Waals surface area contributed by atoms with E-state index in [0.717, 1.165) is 9.13 Å². The molecule has 0 aliphatic carbocycles. The third-order valence-corrected chi connectivity index (χ3v) is 5.51. The Morgan fingerprint density at radius 3 is 2.61 bits per heavy atom. The molecule has 1 aliphatic heterocycles. The molecule has 4 nitrogen and oxygen atoms in total. The summed E-state index contributed by atoms with van der Waals surface area (Å²) in [7, 11) is 0. The van der Waals surface area contributed by atoms with Gasteiger partial charge in [-0.1, -0.05) is 42.5 Å². The minimum Gasteiger partial charge on any atom is -0.333 e. The molecular formula is C21H16ClFIN3O. The quantitative estimate of drug-likeness (QED) is 0.298. The predicted molar refractivity (Wildman–Crippen MR) is 117 cm³/mol. The molecule has 7 heteroatoms. The van der Waals surface area contributed by atoms with Crippen LogP contribution in [0.25, 0.3) is 0 Å². The molecule has 0 spiro atoms. The maximum absolute atomic E-state index is 13.5. The molecule has 0 saturated heterocycles. The topological polar surface area (TPSA) is 50.9 Å². The number of rotatable bonds is 4. The molecule has 4 rings (SSSR count). The number of halogens is 3. The van der Waals surface area contributed by atoms with Crippen LogP contribution in [0.1, 0.15) is 16.7 Å². The fourth-order valence-corrected chi connectivity index (χ4v) is 3.80. The Labute approximate surface area is 181 Å². The largest absolute Gasteiger partial charge is 0.333 e. The van der Waals surface area contributed by atoms with E-state index in [4.69, 9.17) is 22.2 Å². The lowest BCUT2D eigenvalue weighted by molar-refractivity contribution is -0.112. The van der Waals surface area contributed by atoms with Crippen LogP contribution in [0.5, 0.6) is 0 Å². The van der Waals surface area contributed by atoms with Crippen LogP contribution in [0.3, 0.4) is 0 Å². The van der Waals surface area contributed by atoms with Crippen molar-refractivity contribution in [1.29, 1.82) is 0 Å². The van der Waals surface area contributed by atoms with Crippen molar-refractivity contribution in [1.82, 2.24) is 4.42 Å². The summed E-state index contributed by atoms with van der Waals surface area (Å²) in [5.41, 5.74) is 9.48. The van der Waals surface area contributed by atoms with Crippen molar-refractivity contribution in [3.05, 3.63) is 98.9 Å². The van der Waals surface area contributed by atoms with Crippen molar-refractivity contribution in [2.24, 2.45) is 10.7 Å². The summed E-state index contributed by atoms with van der Waals surface area (Å²) in [6.07, 6.45) is 0. The summed E-state index contributed by atoms with van der Waals surface area (Å²) in [5, 5.41) is 0. The van der Waals surface area contributed by atoms with E-state index in [9.17, 15) is 4.39 Å². The first-order valence-corrected chi connectivity index (χ1v) is 9.96. The molecule has 1 aliphatic rings. The SMILES string of the molecule is NC1(OCc2cccc(F)c2)c2cc(I)ccc2N=C(c2ccccc2)N1Cl. The average molecular weight is 508 g/mol. The monoisotopic (exact) mass is 507 g/mol. The molecule has 1 atom stereocenters. The van der Waals surface area contributed by atoms with Crippen LogP contribution in [-0.4, -0.2) is 10.3 Å². The van der Waals surface area contributed by atoms with E-state index >= 15 is 0 Å². The van der Waals surface area contributed by atoms with Gasteiger partial charge in [0.15, 0.2) is 5.84 Å². The number of nitrogens with two attached hydrogens (primary N) is 1. The Balaban J connectivity index is 1.76. The van der Waals surface area contributed by atoms with Gasteiger partial charge in [-0.05, 0) is 58.5 Å². The van der Waals surface area contributed by atoms with Crippen LogP contribution in [-0.2, 0) is 17.2 Å². The maximum Gasteiger partial charge on any atom is 0.240 e. The number of aliphatic imine (C=N–C) groups is 1. The van der Waals surface area contributed by atoms with Crippen LogP contribution in [0.4, 0.5) is 10.1 Å². The Hall–Kier alpha value is -2.00. The van der Waals surface area contributed by atoms with Gasteiger partial charge >= 0.3 is 0 Å². The predicted octanol–water partition coefficient (Wildman–Crippen LogP) is 5.26. The van der Waals surface area contributed by atoms with Gasteiger partial charge in [0, 0.05) is 26.5 Å². The van der Waals surface area contributed by atoms with E-state index in [1.165, 1.54) is 16.6 Å². The van der Waals surface area contributed by atoms with Crippen LogP contribution in [0.15, 0.2) is 77.8 Å². The first-order chi connectivity index (χ1) is 13.5. The average Bonchev–Trinajstić information content (AvgIpc) is 2.70. The maximum atomic E-state index is 13.5. The first-order valence-electron chi connectivity index (χ1n) is 8.55. The Morgan fingerprint density at radius 1 is 1.07 bits per heavy atom. The molecule has 2 N–H and O–H groups in total. The highest BCUT2D eigenvalue weighted by molar-refractivity contribution is 14.1. The van der Waals surface area contributed by atoms with E-state index in [1.807, 2.05) is 48.5 Å². The second kappa shape index (κ2) is 7.79. The molecule has 0 saturated carbocycles. The number of amidine groups is 1. The van der Waals surface area contributed by atoms with Crippen molar-refractivity contribution in [3.63, 3.8) is 0 Å². The summed E-state index contributed by atoms with van der Waals surface area (Å²) in [6.45, 7) is 0.0878. The third-order valence-electron chi connectivity index (χ3n) is 4.43. The highest BCUT2D eigenvalue weighted by atomic mass is 127. The summed E-state index contributed by atoms with van der Waals surface area (Å²) in [6, 6.07) is 21.4. The van der Waals surface area contributed by atoms with E-state index in [-0.39, 0.29) is 12.4 Å². The molecular weight excluding hydrogens is 492 g/mol. The Bertz CT molecular complexity index is 1050. The Kier molecular flexibility index (Phi) is 5.37. The molecule has 0 aromatic heterocycles. The summed E-state index contributed by atoms with van der Waals surface area (Å²) >= 11 is 8.88. The number of hydrogen-bond acceptors (Lipinski definition) is 4. The van der Waals surface area contributed by atoms with E-state index in [2.05, 4.69) is 27.6 Å². The molecule has 3 aromatic rings. The molecule has 0 amide bonds. The molecule has 0 fully saturated rings. The molecule has 0 radical (unpaired) electrons. The van der Waals surface area contributed by atoms with Crippen LogP contribution in [0, 0.1) is 9.39 Å². The van der Waals surface area contributed by atoms with Gasteiger partial charge in [0.25, 0.3) is 0 Å². The fraction of sp³-hybridized carbons (Fsp3) is 0.0952. The second-order valence-electron chi connectivity index (χ2n) is 6.36. The van der Waals surface area contributed by atoms with E-state index < -0.39 is 5.85 Å². The second-order valence-corrected chi connectivity index (χ2v) is 7.94. The zero-order chi connectivity index (χ0) is 19.7. The van der Waals surface area contributed by atoms with E-state index in [0.29, 0.717) is 22.6 Å². The van der Waals surface area contributed by atoms with Gasteiger partial charge in [-0.15, -0.1) is 0 Å². The van der Waals surface area contributed by atoms with Gasteiger partial charge < -0.3 is 4.74 Å². The highest BCUT2D eigenvalue weighted by Crippen LogP contribution is 2.41. The van der Waals surface area contributed by atoms with Crippen LogP contribution >= 0.6 is 34.4 Å². The molecule has 0 bridgehead atoms. The van der Waals surface area contributed by atoms with Crippen LogP contribution in [0.2, 0.25) is 0 Å². The third kappa shape index (κ3) is 3.65. The lowest BCUT2D eigenvalue weighted by atomic mass is 10.0.